The summed E-state index contributed by atoms with van der Waals surface area (Å²) in [6.45, 7) is 12.2. The van der Waals surface area contributed by atoms with E-state index in [1.54, 1.807) is 0 Å². The van der Waals surface area contributed by atoms with Gasteiger partial charge in [0.05, 0.1) is 6.61 Å². The fourth-order valence-corrected chi connectivity index (χ4v) is 3.12. The molecule has 2 fully saturated rings. The van der Waals surface area contributed by atoms with Gasteiger partial charge in [-0.2, -0.15) is 0 Å². The van der Waals surface area contributed by atoms with Gasteiger partial charge in [0.15, 0.2) is 0 Å². The standard InChI is InChI=1S/C13H26N2O/c1-10(2)11-12(3,4)9-16-13(15-11)5-7-14-8-6-13/h10-11,14-15H,5-9H2,1-4H3. The third-order valence-electron chi connectivity index (χ3n) is 4.06. The first kappa shape index (κ1) is 12.3. The molecule has 2 saturated heterocycles. The minimum atomic E-state index is -0.0459. The van der Waals surface area contributed by atoms with Crippen LogP contribution in [0.5, 0.6) is 0 Å². The maximum absolute atomic E-state index is 6.15. The van der Waals surface area contributed by atoms with Crippen molar-refractivity contribution in [2.45, 2.75) is 52.3 Å². The summed E-state index contributed by atoms with van der Waals surface area (Å²) in [5, 5.41) is 7.20. The van der Waals surface area contributed by atoms with Crippen molar-refractivity contribution in [2.75, 3.05) is 19.7 Å². The summed E-state index contributed by atoms with van der Waals surface area (Å²) >= 11 is 0. The van der Waals surface area contributed by atoms with Crippen LogP contribution in [0.15, 0.2) is 0 Å². The molecular weight excluding hydrogens is 200 g/mol. The highest BCUT2D eigenvalue weighted by molar-refractivity contribution is 4.98. The van der Waals surface area contributed by atoms with E-state index < -0.39 is 0 Å². The van der Waals surface area contributed by atoms with Gasteiger partial charge in [-0.3, -0.25) is 5.32 Å². The molecule has 94 valence electrons. The van der Waals surface area contributed by atoms with E-state index in [-0.39, 0.29) is 11.1 Å². The summed E-state index contributed by atoms with van der Waals surface area (Å²) in [6.07, 6.45) is 2.18. The Bertz CT molecular complexity index is 244. The lowest BCUT2D eigenvalue weighted by Crippen LogP contribution is -2.67. The number of nitrogens with one attached hydrogen (secondary N) is 2. The Hall–Kier alpha value is -0.120. The molecule has 1 spiro atoms. The topological polar surface area (TPSA) is 33.3 Å². The third-order valence-corrected chi connectivity index (χ3v) is 4.06. The summed E-state index contributed by atoms with van der Waals surface area (Å²) in [4.78, 5) is 0. The molecule has 2 heterocycles. The van der Waals surface area contributed by atoms with Gasteiger partial charge in [0, 0.05) is 24.3 Å². The minimum Gasteiger partial charge on any atom is -0.360 e. The monoisotopic (exact) mass is 226 g/mol. The Morgan fingerprint density at radius 1 is 1.19 bits per heavy atom. The first-order chi connectivity index (χ1) is 7.45. The van der Waals surface area contributed by atoms with Crippen LogP contribution in [0.2, 0.25) is 0 Å². The van der Waals surface area contributed by atoms with Crippen LogP contribution in [-0.4, -0.2) is 31.5 Å². The maximum atomic E-state index is 6.15. The predicted molar refractivity (Wildman–Crippen MR) is 66.3 cm³/mol. The molecule has 0 bridgehead atoms. The molecule has 2 aliphatic rings. The molecule has 0 amide bonds. The molecule has 0 aliphatic carbocycles. The Balaban J connectivity index is 2.10. The molecule has 0 aromatic rings. The van der Waals surface area contributed by atoms with Gasteiger partial charge >= 0.3 is 0 Å². The number of rotatable bonds is 1. The van der Waals surface area contributed by atoms with E-state index in [9.17, 15) is 0 Å². The van der Waals surface area contributed by atoms with E-state index in [0.29, 0.717) is 12.0 Å². The van der Waals surface area contributed by atoms with Crippen molar-refractivity contribution in [3.8, 4) is 0 Å². The van der Waals surface area contributed by atoms with Gasteiger partial charge in [0.1, 0.15) is 5.72 Å². The van der Waals surface area contributed by atoms with E-state index >= 15 is 0 Å². The Labute approximate surface area is 99.3 Å². The van der Waals surface area contributed by atoms with Gasteiger partial charge in [-0.25, -0.2) is 0 Å². The van der Waals surface area contributed by atoms with Crippen LogP contribution < -0.4 is 10.6 Å². The van der Waals surface area contributed by atoms with Crippen molar-refractivity contribution in [1.82, 2.24) is 10.6 Å². The van der Waals surface area contributed by atoms with Crippen LogP contribution in [0, 0.1) is 11.3 Å². The number of hydrogen-bond donors (Lipinski definition) is 2. The number of piperidine rings is 1. The van der Waals surface area contributed by atoms with Crippen molar-refractivity contribution >= 4 is 0 Å². The second-order valence-corrected chi connectivity index (χ2v) is 6.39. The summed E-state index contributed by atoms with van der Waals surface area (Å²) in [5.74, 6) is 0.658. The average Bonchev–Trinajstić information content (AvgIpc) is 2.23. The molecule has 0 radical (unpaired) electrons. The molecule has 0 aromatic heterocycles. The molecular formula is C13H26N2O. The molecule has 1 unspecified atom stereocenters. The minimum absolute atomic E-state index is 0.0459. The SMILES string of the molecule is CC(C)C1NC2(CCNCC2)OCC1(C)C. The largest absolute Gasteiger partial charge is 0.360 e. The average molecular weight is 226 g/mol. The molecule has 2 N–H and O–H groups in total. The third kappa shape index (κ3) is 2.27. The second-order valence-electron chi connectivity index (χ2n) is 6.39. The molecule has 2 rings (SSSR count). The first-order valence-corrected chi connectivity index (χ1v) is 6.58. The molecule has 16 heavy (non-hydrogen) atoms. The lowest BCUT2D eigenvalue weighted by Gasteiger charge is -2.52. The van der Waals surface area contributed by atoms with E-state index in [0.717, 1.165) is 32.5 Å². The Morgan fingerprint density at radius 2 is 1.81 bits per heavy atom. The van der Waals surface area contributed by atoms with Crippen LogP contribution in [0.25, 0.3) is 0 Å². The lowest BCUT2D eigenvalue weighted by molar-refractivity contribution is -0.176. The van der Waals surface area contributed by atoms with E-state index in [1.807, 2.05) is 0 Å². The van der Waals surface area contributed by atoms with Gasteiger partial charge in [-0.1, -0.05) is 27.7 Å². The van der Waals surface area contributed by atoms with E-state index in [1.165, 1.54) is 0 Å². The predicted octanol–water partition coefficient (Wildman–Crippen LogP) is 1.74. The summed E-state index contributed by atoms with van der Waals surface area (Å²) in [7, 11) is 0. The summed E-state index contributed by atoms with van der Waals surface area (Å²) in [5.41, 5.74) is 0.194. The van der Waals surface area contributed by atoms with Crippen molar-refractivity contribution in [3.63, 3.8) is 0 Å². The summed E-state index contributed by atoms with van der Waals surface area (Å²) in [6, 6.07) is 0.555. The van der Waals surface area contributed by atoms with Gasteiger partial charge in [0.25, 0.3) is 0 Å². The number of hydrogen-bond acceptors (Lipinski definition) is 3. The maximum Gasteiger partial charge on any atom is 0.121 e. The highest BCUT2D eigenvalue weighted by Gasteiger charge is 2.46. The van der Waals surface area contributed by atoms with Crippen LogP contribution in [-0.2, 0) is 4.74 Å². The zero-order chi connectivity index (χ0) is 11.8. The molecule has 2 aliphatic heterocycles. The van der Waals surface area contributed by atoms with Crippen LogP contribution >= 0.6 is 0 Å². The quantitative estimate of drug-likeness (QED) is 0.714. The van der Waals surface area contributed by atoms with Crippen LogP contribution in [0.3, 0.4) is 0 Å². The Kier molecular flexibility index (Phi) is 3.30. The zero-order valence-electron chi connectivity index (χ0n) is 11.1. The van der Waals surface area contributed by atoms with Crippen molar-refractivity contribution in [1.29, 1.82) is 0 Å². The molecule has 0 saturated carbocycles. The molecule has 1 atom stereocenters. The van der Waals surface area contributed by atoms with Crippen LogP contribution in [0.1, 0.15) is 40.5 Å². The van der Waals surface area contributed by atoms with Gasteiger partial charge in [-0.15, -0.1) is 0 Å². The molecule has 0 aromatic carbocycles. The Morgan fingerprint density at radius 3 is 2.38 bits per heavy atom. The number of ether oxygens (including phenoxy) is 1. The normalized spacial score (nSPS) is 33.2. The molecule has 3 heteroatoms. The first-order valence-electron chi connectivity index (χ1n) is 6.58. The van der Waals surface area contributed by atoms with E-state index in [4.69, 9.17) is 4.74 Å². The van der Waals surface area contributed by atoms with Gasteiger partial charge in [0.2, 0.25) is 0 Å². The van der Waals surface area contributed by atoms with Crippen molar-refractivity contribution in [2.24, 2.45) is 11.3 Å². The highest BCUT2D eigenvalue weighted by Crippen LogP contribution is 2.36. The fraction of sp³-hybridized carbons (Fsp3) is 1.00. The zero-order valence-corrected chi connectivity index (χ0v) is 11.1. The lowest BCUT2D eigenvalue weighted by atomic mass is 9.76. The smallest absolute Gasteiger partial charge is 0.121 e. The van der Waals surface area contributed by atoms with Crippen molar-refractivity contribution in [3.05, 3.63) is 0 Å². The van der Waals surface area contributed by atoms with Crippen molar-refractivity contribution < 1.29 is 4.74 Å². The van der Waals surface area contributed by atoms with Gasteiger partial charge in [-0.05, 0) is 19.0 Å². The highest BCUT2D eigenvalue weighted by atomic mass is 16.5. The fourth-order valence-electron chi connectivity index (χ4n) is 3.12. The second kappa shape index (κ2) is 4.28. The van der Waals surface area contributed by atoms with Crippen LogP contribution in [0.4, 0.5) is 0 Å². The van der Waals surface area contributed by atoms with Gasteiger partial charge < -0.3 is 10.1 Å². The summed E-state index contributed by atoms with van der Waals surface area (Å²) < 4.78 is 6.15. The van der Waals surface area contributed by atoms with E-state index in [2.05, 4.69) is 38.3 Å². The molecule has 3 nitrogen and oxygen atoms in total.